The second kappa shape index (κ2) is 9.36. The molecule has 0 aromatic heterocycles. The van der Waals surface area contributed by atoms with Crippen molar-refractivity contribution in [3.8, 4) is 0 Å². The van der Waals surface area contributed by atoms with Crippen molar-refractivity contribution in [2.75, 3.05) is 33.2 Å². The van der Waals surface area contributed by atoms with Crippen LogP contribution in [-0.4, -0.2) is 48.9 Å². The third kappa shape index (κ3) is 5.10. The summed E-state index contributed by atoms with van der Waals surface area (Å²) in [6, 6.07) is 20.4. The minimum absolute atomic E-state index is 0. The molecule has 2 aromatic rings. The molecule has 1 fully saturated rings. The minimum atomic E-state index is -0.0756. The van der Waals surface area contributed by atoms with Gasteiger partial charge in [0.15, 0.2) is 0 Å². The predicted octanol–water partition coefficient (Wildman–Crippen LogP) is 3.33. The highest BCUT2D eigenvalue weighted by atomic mass is 35.5. The fraction of sp³-hybridized carbons (Fsp3) is 0.409. The molecule has 1 amide bonds. The Kier molecular flexibility index (Phi) is 7.42. The third-order valence-corrected chi connectivity index (χ3v) is 5.50. The van der Waals surface area contributed by atoms with E-state index in [-0.39, 0.29) is 29.8 Å². The Balaban J connectivity index is 0.00000261. The summed E-state index contributed by atoms with van der Waals surface area (Å²) in [6.45, 7) is 5.16. The molecule has 146 valence electrons. The van der Waals surface area contributed by atoms with E-state index in [4.69, 9.17) is 5.73 Å². The van der Waals surface area contributed by atoms with Gasteiger partial charge < -0.3 is 10.6 Å². The topological polar surface area (TPSA) is 49.6 Å². The van der Waals surface area contributed by atoms with E-state index in [1.807, 2.05) is 48.3 Å². The first kappa shape index (κ1) is 21.4. The van der Waals surface area contributed by atoms with Gasteiger partial charge in [0.05, 0.1) is 12.6 Å². The van der Waals surface area contributed by atoms with Gasteiger partial charge in [-0.25, -0.2) is 0 Å². The fourth-order valence-electron chi connectivity index (χ4n) is 3.78. The lowest BCUT2D eigenvalue weighted by Crippen LogP contribution is -2.41. The summed E-state index contributed by atoms with van der Waals surface area (Å²) < 4.78 is 0. The summed E-state index contributed by atoms with van der Waals surface area (Å²) in [6.07, 6.45) is 1.06. The van der Waals surface area contributed by atoms with Gasteiger partial charge in [-0.3, -0.25) is 9.69 Å². The van der Waals surface area contributed by atoms with Crippen molar-refractivity contribution >= 4 is 18.3 Å². The predicted molar refractivity (Wildman–Crippen MR) is 113 cm³/mol. The standard InChI is InChI=1S/C22H29N3O.ClH/c1-22(16-23)13-14-25(17-22)15-20(26)24(2)21(18-9-5-3-6-10-18)19-11-7-4-8-12-19;/h3-12,21H,13-17,23H2,1-2H3;1H. The van der Waals surface area contributed by atoms with E-state index in [1.54, 1.807) is 0 Å². The maximum Gasteiger partial charge on any atom is 0.237 e. The minimum Gasteiger partial charge on any atom is -0.334 e. The number of nitrogens with two attached hydrogens (primary N) is 1. The number of likely N-dealkylation sites (tertiary alicyclic amines) is 1. The molecule has 5 heteroatoms. The lowest BCUT2D eigenvalue weighted by atomic mass is 9.90. The normalized spacial score (nSPS) is 19.7. The van der Waals surface area contributed by atoms with E-state index in [0.717, 1.165) is 30.6 Å². The number of halogens is 1. The smallest absolute Gasteiger partial charge is 0.237 e. The largest absolute Gasteiger partial charge is 0.334 e. The number of nitrogens with zero attached hydrogens (tertiary/aromatic N) is 2. The zero-order valence-corrected chi connectivity index (χ0v) is 17.0. The molecule has 2 N–H and O–H groups in total. The molecule has 4 nitrogen and oxygen atoms in total. The van der Waals surface area contributed by atoms with Gasteiger partial charge in [0.1, 0.15) is 0 Å². The summed E-state index contributed by atoms with van der Waals surface area (Å²) in [4.78, 5) is 17.2. The van der Waals surface area contributed by atoms with Crippen molar-refractivity contribution in [1.29, 1.82) is 0 Å². The van der Waals surface area contributed by atoms with E-state index in [1.165, 1.54) is 0 Å². The first-order chi connectivity index (χ1) is 12.5. The first-order valence-electron chi connectivity index (χ1n) is 9.30. The van der Waals surface area contributed by atoms with Crippen LogP contribution >= 0.6 is 12.4 Å². The van der Waals surface area contributed by atoms with E-state index in [2.05, 4.69) is 36.1 Å². The molecule has 1 saturated heterocycles. The highest BCUT2D eigenvalue weighted by Gasteiger charge is 2.34. The van der Waals surface area contributed by atoms with Gasteiger partial charge >= 0.3 is 0 Å². The molecule has 0 saturated carbocycles. The van der Waals surface area contributed by atoms with Crippen molar-refractivity contribution in [3.05, 3.63) is 71.8 Å². The number of carbonyl (C=O) groups excluding carboxylic acids is 1. The van der Waals surface area contributed by atoms with Crippen molar-refractivity contribution < 1.29 is 4.79 Å². The monoisotopic (exact) mass is 387 g/mol. The van der Waals surface area contributed by atoms with Gasteiger partial charge in [-0.15, -0.1) is 12.4 Å². The second-order valence-electron chi connectivity index (χ2n) is 7.70. The van der Waals surface area contributed by atoms with Crippen molar-refractivity contribution in [2.24, 2.45) is 11.1 Å². The number of hydrogen-bond donors (Lipinski definition) is 1. The summed E-state index contributed by atoms with van der Waals surface area (Å²) in [7, 11) is 1.91. The number of benzene rings is 2. The summed E-state index contributed by atoms with van der Waals surface area (Å²) in [5.74, 6) is 0.143. The maximum atomic E-state index is 13.0. The average molecular weight is 388 g/mol. The van der Waals surface area contributed by atoms with Crippen LogP contribution in [0.25, 0.3) is 0 Å². The third-order valence-electron chi connectivity index (χ3n) is 5.50. The molecular weight excluding hydrogens is 358 g/mol. The van der Waals surface area contributed by atoms with E-state index in [0.29, 0.717) is 13.1 Å². The molecule has 1 unspecified atom stereocenters. The van der Waals surface area contributed by atoms with E-state index < -0.39 is 0 Å². The Morgan fingerprint density at radius 2 is 1.63 bits per heavy atom. The molecule has 3 rings (SSSR count). The number of hydrogen-bond acceptors (Lipinski definition) is 3. The van der Waals surface area contributed by atoms with Crippen LogP contribution in [-0.2, 0) is 4.79 Å². The summed E-state index contributed by atoms with van der Waals surface area (Å²) >= 11 is 0. The van der Waals surface area contributed by atoms with Crippen LogP contribution in [0.15, 0.2) is 60.7 Å². The van der Waals surface area contributed by atoms with Gasteiger partial charge in [-0.1, -0.05) is 67.6 Å². The molecule has 0 bridgehead atoms. The van der Waals surface area contributed by atoms with Gasteiger partial charge in [-0.2, -0.15) is 0 Å². The maximum absolute atomic E-state index is 13.0. The van der Waals surface area contributed by atoms with Crippen molar-refractivity contribution in [3.63, 3.8) is 0 Å². The van der Waals surface area contributed by atoms with Crippen LogP contribution in [0.5, 0.6) is 0 Å². The molecule has 27 heavy (non-hydrogen) atoms. The molecule has 1 atom stereocenters. The van der Waals surface area contributed by atoms with Crippen LogP contribution in [0, 0.1) is 5.41 Å². The molecule has 0 aliphatic carbocycles. The van der Waals surface area contributed by atoms with Crippen LogP contribution in [0.4, 0.5) is 0 Å². The fourth-order valence-corrected chi connectivity index (χ4v) is 3.78. The zero-order chi connectivity index (χ0) is 18.6. The number of carbonyl (C=O) groups is 1. The van der Waals surface area contributed by atoms with Crippen LogP contribution in [0.2, 0.25) is 0 Å². The highest BCUT2D eigenvalue weighted by molar-refractivity contribution is 5.85. The Morgan fingerprint density at radius 3 is 2.07 bits per heavy atom. The van der Waals surface area contributed by atoms with Crippen LogP contribution < -0.4 is 5.73 Å². The SMILES string of the molecule is CN(C(=O)CN1CCC(C)(CN)C1)C(c1ccccc1)c1ccccc1.Cl. The Labute approximate surface area is 168 Å². The molecule has 1 heterocycles. The lowest BCUT2D eigenvalue weighted by Gasteiger charge is -2.31. The van der Waals surface area contributed by atoms with Crippen LogP contribution in [0.3, 0.4) is 0 Å². The molecule has 1 aliphatic rings. The van der Waals surface area contributed by atoms with Crippen molar-refractivity contribution in [2.45, 2.75) is 19.4 Å². The van der Waals surface area contributed by atoms with Crippen molar-refractivity contribution in [1.82, 2.24) is 9.80 Å². The zero-order valence-electron chi connectivity index (χ0n) is 16.2. The van der Waals surface area contributed by atoms with Gasteiger partial charge in [0.2, 0.25) is 5.91 Å². The molecule has 2 aromatic carbocycles. The quantitative estimate of drug-likeness (QED) is 0.827. The Bertz CT molecular complexity index is 685. The molecule has 0 radical (unpaired) electrons. The average Bonchev–Trinajstić information content (AvgIpc) is 3.05. The number of likely N-dealkylation sites (N-methyl/N-ethyl adjacent to an activating group) is 1. The number of amides is 1. The molecular formula is C22H30ClN3O. The van der Waals surface area contributed by atoms with Gasteiger partial charge in [-0.05, 0) is 36.1 Å². The summed E-state index contributed by atoms with van der Waals surface area (Å²) in [5.41, 5.74) is 8.29. The highest BCUT2D eigenvalue weighted by Crippen LogP contribution is 2.30. The number of rotatable bonds is 6. The first-order valence-corrected chi connectivity index (χ1v) is 9.30. The Morgan fingerprint density at radius 1 is 1.11 bits per heavy atom. The van der Waals surface area contributed by atoms with E-state index >= 15 is 0 Å². The van der Waals surface area contributed by atoms with Crippen LogP contribution in [0.1, 0.15) is 30.5 Å². The lowest BCUT2D eigenvalue weighted by molar-refractivity contribution is -0.132. The molecule has 1 aliphatic heterocycles. The van der Waals surface area contributed by atoms with E-state index in [9.17, 15) is 4.79 Å². The summed E-state index contributed by atoms with van der Waals surface area (Å²) in [5, 5.41) is 0. The Hall–Kier alpha value is -1.88. The van der Waals surface area contributed by atoms with Gasteiger partial charge in [0, 0.05) is 13.6 Å². The second-order valence-corrected chi connectivity index (χ2v) is 7.70. The van der Waals surface area contributed by atoms with Gasteiger partial charge in [0.25, 0.3) is 0 Å². The molecule has 0 spiro atoms.